The van der Waals surface area contributed by atoms with Crippen molar-refractivity contribution in [2.24, 2.45) is 0 Å². The molecule has 0 radical (unpaired) electrons. The van der Waals surface area contributed by atoms with E-state index in [-0.39, 0.29) is 5.91 Å². The van der Waals surface area contributed by atoms with Crippen molar-refractivity contribution in [1.82, 2.24) is 0 Å². The number of amides is 1. The van der Waals surface area contributed by atoms with Gasteiger partial charge in [0.1, 0.15) is 0 Å². The summed E-state index contributed by atoms with van der Waals surface area (Å²) in [7, 11) is 0. The summed E-state index contributed by atoms with van der Waals surface area (Å²) in [5.74, 6) is -0.294. The van der Waals surface area contributed by atoms with Crippen molar-refractivity contribution in [1.29, 1.82) is 0 Å². The van der Waals surface area contributed by atoms with Gasteiger partial charge in [0, 0.05) is 20.1 Å². The molecular formula is C13H9BrCl2N2O. The number of hydrogen-bond acceptors (Lipinski definition) is 2. The van der Waals surface area contributed by atoms with E-state index < -0.39 is 0 Å². The van der Waals surface area contributed by atoms with Crippen LogP contribution in [-0.4, -0.2) is 5.91 Å². The van der Waals surface area contributed by atoms with Gasteiger partial charge in [0.2, 0.25) is 0 Å². The van der Waals surface area contributed by atoms with E-state index >= 15 is 0 Å². The van der Waals surface area contributed by atoms with Gasteiger partial charge < -0.3 is 11.1 Å². The van der Waals surface area contributed by atoms with Crippen molar-refractivity contribution in [2.45, 2.75) is 0 Å². The number of hydrogen-bond donors (Lipinski definition) is 2. The number of nitrogen functional groups attached to an aromatic ring is 1. The zero-order valence-corrected chi connectivity index (χ0v) is 12.7. The summed E-state index contributed by atoms with van der Waals surface area (Å²) in [5, 5.41) is 3.70. The minimum absolute atomic E-state index is 0.294. The van der Waals surface area contributed by atoms with Crippen LogP contribution in [-0.2, 0) is 0 Å². The number of carbonyl (C=O) groups is 1. The Balaban J connectivity index is 2.25. The Labute approximate surface area is 128 Å². The molecule has 0 bridgehead atoms. The van der Waals surface area contributed by atoms with Crippen LogP contribution in [0.4, 0.5) is 11.4 Å². The first-order chi connectivity index (χ1) is 8.95. The molecule has 0 fully saturated rings. The molecule has 3 N–H and O–H groups in total. The Kier molecular flexibility index (Phi) is 4.34. The average molecular weight is 360 g/mol. The van der Waals surface area contributed by atoms with Gasteiger partial charge in [-0.2, -0.15) is 0 Å². The summed E-state index contributed by atoms with van der Waals surface area (Å²) in [4.78, 5) is 12.1. The van der Waals surface area contributed by atoms with Crippen LogP contribution in [0.5, 0.6) is 0 Å². The van der Waals surface area contributed by atoms with E-state index in [9.17, 15) is 4.79 Å². The van der Waals surface area contributed by atoms with Crippen LogP contribution in [0.2, 0.25) is 10.0 Å². The molecule has 3 nitrogen and oxygen atoms in total. The van der Waals surface area contributed by atoms with Gasteiger partial charge in [0.25, 0.3) is 5.91 Å². The quantitative estimate of drug-likeness (QED) is 0.770. The topological polar surface area (TPSA) is 55.1 Å². The van der Waals surface area contributed by atoms with Gasteiger partial charge in [-0.1, -0.05) is 39.1 Å². The maximum absolute atomic E-state index is 12.1. The third-order valence-corrected chi connectivity index (χ3v) is 3.30. The number of halogens is 3. The number of anilines is 2. The first-order valence-electron chi connectivity index (χ1n) is 5.28. The highest BCUT2D eigenvalue weighted by molar-refractivity contribution is 9.10. The third kappa shape index (κ3) is 3.62. The largest absolute Gasteiger partial charge is 0.397 e. The van der Waals surface area contributed by atoms with Gasteiger partial charge in [0.05, 0.1) is 11.4 Å². The van der Waals surface area contributed by atoms with Crippen LogP contribution in [0, 0.1) is 0 Å². The molecule has 0 aliphatic heterocycles. The predicted molar refractivity (Wildman–Crippen MR) is 83.0 cm³/mol. The lowest BCUT2D eigenvalue weighted by molar-refractivity contribution is 0.102. The van der Waals surface area contributed by atoms with Crippen molar-refractivity contribution in [3.8, 4) is 0 Å². The minimum Gasteiger partial charge on any atom is -0.397 e. The van der Waals surface area contributed by atoms with E-state index in [1.807, 2.05) is 0 Å². The first-order valence-corrected chi connectivity index (χ1v) is 6.83. The average Bonchev–Trinajstić information content (AvgIpc) is 2.31. The standard InChI is InChI=1S/C13H9BrCl2N2O/c14-8-3-7(4-10(16)5-8)13(19)18-12-2-1-9(15)6-11(12)17/h1-6H,17H2,(H,18,19). The Morgan fingerprint density at radius 2 is 1.84 bits per heavy atom. The van der Waals surface area contributed by atoms with Crippen molar-refractivity contribution in [3.63, 3.8) is 0 Å². The molecule has 19 heavy (non-hydrogen) atoms. The smallest absolute Gasteiger partial charge is 0.255 e. The first kappa shape index (κ1) is 14.2. The maximum Gasteiger partial charge on any atom is 0.255 e. The minimum atomic E-state index is -0.294. The van der Waals surface area contributed by atoms with Gasteiger partial charge in [-0.05, 0) is 36.4 Å². The molecule has 98 valence electrons. The molecule has 2 aromatic carbocycles. The number of benzene rings is 2. The monoisotopic (exact) mass is 358 g/mol. The second-order valence-corrected chi connectivity index (χ2v) is 5.63. The van der Waals surface area contributed by atoms with E-state index in [0.717, 1.165) is 4.47 Å². The summed E-state index contributed by atoms with van der Waals surface area (Å²) in [5.41, 5.74) is 7.12. The van der Waals surface area contributed by atoms with E-state index in [1.54, 1.807) is 36.4 Å². The second-order valence-electron chi connectivity index (χ2n) is 3.84. The molecule has 0 heterocycles. The lowest BCUT2D eigenvalue weighted by Crippen LogP contribution is -2.13. The second kappa shape index (κ2) is 5.82. The molecule has 0 spiro atoms. The van der Waals surface area contributed by atoms with Crippen LogP contribution in [0.3, 0.4) is 0 Å². The summed E-state index contributed by atoms with van der Waals surface area (Å²) < 4.78 is 0.731. The van der Waals surface area contributed by atoms with Crippen LogP contribution in [0.1, 0.15) is 10.4 Å². The SMILES string of the molecule is Nc1cc(Cl)ccc1NC(=O)c1cc(Cl)cc(Br)c1. The highest BCUT2D eigenvalue weighted by atomic mass is 79.9. The van der Waals surface area contributed by atoms with Gasteiger partial charge >= 0.3 is 0 Å². The Bertz CT molecular complexity index is 626. The molecule has 2 aromatic rings. The number of rotatable bonds is 2. The van der Waals surface area contributed by atoms with Gasteiger partial charge in [-0.25, -0.2) is 0 Å². The zero-order valence-electron chi connectivity index (χ0n) is 9.58. The van der Waals surface area contributed by atoms with E-state index in [2.05, 4.69) is 21.2 Å². The fourth-order valence-electron chi connectivity index (χ4n) is 1.53. The molecule has 0 aromatic heterocycles. The Morgan fingerprint density at radius 1 is 1.11 bits per heavy atom. The number of carbonyl (C=O) groups excluding carboxylic acids is 1. The van der Waals surface area contributed by atoms with Crippen molar-refractivity contribution < 1.29 is 4.79 Å². The molecule has 0 aliphatic rings. The lowest BCUT2D eigenvalue weighted by Gasteiger charge is -2.09. The molecule has 1 amide bonds. The van der Waals surface area contributed by atoms with Crippen molar-refractivity contribution in [2.75, 3.05) is 11.1 Å². The van der Waals surface area contributed by atoms with Crippen LogP contribution >= 0.6 is 39.1 Å². The molecule has 0 unspecified atom stereocenters. The third-order valence-electron chi connectivity index (χ3n) is 2.39. The molecule has 6 heteroatoms. The highest BCUT2D eigenvalue weighted by Crippen LogP contribution is 2.24. The zero-order chi connectivity index (χ0) is 14.0. The molecular weight excluding hydrogens is 351 g/mol. The summed E-state index contributed by atoms with van der Waals surface area (Å²) in [6.45, 7) is 0. The van der Waals surface area contributed by atoms with Crippen LogP contribution < -0.4 is 11.1 Å². The van der Waals surface area contributed by atoms with Crippen LogP contribution in [0.15, 0.2) is 40.9 Å². The summed E-state index contributed by atoms with van der Waals surface area (Å²) in [6.07, 6.45) is 0. The normalized spacial score (nSPS) is 10.3. The van der Waals surface area contributed by atoms with Gasteiger partial charge in [-0.3, -0.25) is 4.79 Å². The Morgan fingerprint density at radius 3 is 2.47 bits per heavy atom. The number of nitrogens with one attached hydrogen (secondary N) is 1. The molecule has 0 atom stereocenters. The predicted octanol–water partition coefficient (Wildman–Crippen LogP) is 4.59. The van der Waals surface area contributed by atoms with E-state index in [4.69, 9.17) is 28.9 Å². The van der Waals surface area contributed by atoms with E-state index in [1.165, 1.54) is 0 Å². The molecule has 0 saturated carbocycles. The van der Waals surface area contributed by atoms with Gasteiger partial charge in [-0.15, -0.1) is 0 Å². The van der Waals surface area contributed by atoms with Crippen molar-refractivity contribution in [3.05, 3.63) is 56.5 Å². The fourth-order valence-corrected chi connectivity index (χ4v) is 2.57. The fraction of sp³-hybridized carbons (Fsp3) is 0. The highest BCUT2D eigenvalue weighted by Gasteiger charge is 2.10. The van der Waals surface area contributed by atoms with Crippen LogP contribution in [0.25, 0.3) is 0 Å². The molecule has 0 saturated heterocycles. The molecule has 0 aliphatic carbocycles. The van der Waals surface area contributed by atoms with Gasteiger partial charge in [0.15, 0.2) is 0 Å². The van der Waals surface area contributed by atoms with Crippen molar-refractivity contribution >= 4 is 56.4 Å². The molecule has 2 rings (SSSR count). The Hall–Kier alpha value is -1.23. The summed E-state index contributed by atoms with van der Waals surface area (Å²) >= 11 is 15.0. The van der Waals surface area contributed by atoms with E-state index in [0.29, 0.717) is 27.0 Å². The lowest BCUT2D eigenvalue weighted by atomic mass is 10.2. The summed E-state index contributed by atoms with van der Waals surface area (Å²) in [6, 6.07) is 9.83. The number of nitrogens with two attached hydrogens (primary N) is 1. The maximum atomic E-state index is 12.1.